The molecule has 0 aromatic heterocycles. The van der Waals surface area contributed by atoms with Gasteiger partial charge in [-0.1, -0.05) is 28.9 Å². The topological polar surface area (TPSA) is 65.0 Å². The average Bonchev–Trinajstić information content (AvgIpc) is 2.38. The van der Waals surface area contributed by atoms with Crippen molar-refractivity contribution in [1.29, 1.82) is 0 Å². The van der Waals surface area contributed by atoms with Crippen LogP contribution in [-0.2, 0) is 19.2 Å². The molecule has 0 aliphatic rings. The number of halogens is 1. The number of oxime groups is 1. The van der Waals surface area contributed by atoms with E-state index in [9.17, 15) is 9.59 Å². The SMILES string of the molecule is COC(=O)CCC(=O)O/N=C/c1ccc(Cl)cc1. The number of hydrogen-bond donors (Lipinski definition) is 0. The van der Waals surface area contributed by atoms with Gasteiger partial charge in [-0.2, -0.15) is 0 Å². The van der Waals surface area contributed by atoms with Gasteiger partial charge in [-0.15, -0.1) is 0 Å². The summed E-state index contributed by atoms with van der Waals surface area (Å²) in [7, 11) is 1.26. The number of carbonyl (C=O) groups excluding carboxylic acids is 2. The molecule has 0 amide bonds. The molecule has 96 valence electrons. The van der Waals surface area contributed by atoms with E-state index in [0.29, 0.717) is 5.02 Å². The Hall–Kier alpha value is -1.88. The van der Waals surface area contributed by atoms with Crippen molar-refractivity contribution in [3.05, 3.63) is 34.9 Å². The first-order valence-corrected chi connectivity index (χ1v) is 5.55. The maximum Gasteiger partial charge on any atom is 0.335 e. The summed E-state index contributed by atoms with van der Waals surface area (Å²) in [6.07, 6.45) is 1.29. The molecule has 6 heteroatoms. The lowest BCUT2D eigenvalue weighted by atomic mass is 10.2. The second-order valence-corrected chi connectivity index (χ2v) is 3.76. The van der Waals surface area contributed by atoms with Gasteiger partial charge in [0.05, 0.1) is 26.2 Å². The van der Waals surface area contributed by atoms with Crippen molar-refractivity contribution in [2.45, 2.75) is 12.8 Å². The van der Waals surface area contributed by atoms with Crippen molar-refractivity contribution in [2.24, 2.45) is 5.16 Å². The summed E-state index contributed by atoms with van der Waals surface area (Å²) in [5.41, 5.74) is 0.750. The Morgan fingerprint density at radius 2 is 1.83 bits per heavy atom. The normalized spacial score (nSPS) is 10.3. The highest BCUT2D eigenvalue weighted by Gasteiger charge is 2.07. The number of hydrogen-bond acceptors (Lipinski definition) is 5. The van der Waals surface area contributed by atoms with E-state index >= 15 is 0 Å². The fourth-order valence-electron chi connectivity index (χ4n) is 1.05. The number of benzene rings is 1. The van der Waals surface area contributed by atoms with Crippen LogP contribution in [0.25, 0.3) is 0 Å². The fraction of sp³-hybridized carbons (Fsp3) is 0.250. The lowest BCUT2D eigenvalue weighted by molar-refractivity contribution is -0.148. The Labute approximate surface area is 109 Å². The molecule has 0 aliphatic carbocycles. The zero-order valence-electron chi connectivity index (χ0n) is 9.76. The summed E-state index contributed by atoms with van der Waals surface area (Å²) in [6, 6.07) is 6.85. The number of nitrogens with zero attached hydrogens (tertiary/aromatic N) is 1. The number of carbonyl (C=O) groups is 2. The van der Waals surface area contributed by atoms with Gasteiger partial charge in [-0.3, -0.25) is 4.79 Å². The first-order valence-electron chi connectivity index (χ1n) is 5.17. The molecule has 0 atom stereocenters. The van der Waals surface area contributed by atoms with E-state index in [4.69, 9.17) is 11.6 Å². The average molecular weight is 270 g/mol. The highest BCUT2D eigenvalue weighted by atomic mass is 35.5. The van der Waals surface area contributed by atoms with Gasteiger partial charge in [0.25, 0.3) is 0 Å². The van der Waals surface area contributed by atoms with Crippen LogP contribution < -0.4 is 0 Å². The van der Waals surface area contributed by atoms with Gasteiger partial charge in [0.2, 0.25) is 0 Å². The third kappa shape index (κ3) is 5.45. The first-order chi connectivity index (χ1) is 8.61. The molecule has 0 heterocycles. The lowest BCUT2D eigenvalue weighted by Crippen LogP contribution is -2.06. The van der Waals surface area contributed by atoms with Crippen molar-refractivity contribution in [2.75, 3.05) is 7.11 Å². The van der Waals surface area contributed by atoms with E-state index in [1.807, 2.05) is 0 Å². The molecule has 18 heavy (non-hydrogen) atoms. The van der Waals surface area contributed by atoms with E-state index in [2.05, 4.69) is 14.7 Å². The van der Waals surface area contributed by atoms with Crippen LogP contribution in [0.4, 0.5) is 0 Å². The Morgan fingerprint density at radius 3 is 2.44 bits per heavy atom. The van der Waals surface area contributed by atoms with Crippen molar-refractivity contribution in [3.63, 3.8) is 0 Å². The standard InChI is InChI=1S/C12H12ClNO4/c1-17-11(15)6-7-12(16)18-14-8-9-2-4-10(13)5-3-9/h2-5,8H,6-7H2,1H3/b14-8+. The minimum Gasteiger partial charge on any atom is -0.469 e. The predicted octanol–water partition coefficient (Wildman–Crippen LogP) is 2.17. The van der Waals surface area contributed by atoms with Gasteiger partial charge >= 0.3 is 11.9 Å². The molecule has 0 saturated heterocycles. The third-order valence-electron chi connectivity index (χ3n) is 1.99. The maximum atomic E-state index is 11.1. The molecule has 0 fully saturated rings. The highest BCUT2D eigenvalue weighted by Crippen LogP contribution is 2.07. The summed E-state index contributed by atoms with van der Waals surface area (Å²) < 4.78 is 4.39. The number of esters is 1. The second kappa shape index (κ2) is 7.45. The van der Waals surface area contributed by atoms with Crippen LogP contribution in [0.5, 0.6) is 0 Å². The molecule has 0 N–H and O–H groups in total. The van der Waals surface area contributed by atoms with Crippen LogP contribution in [0.3, 0.4) is 0 Å². The van der Waals surface area contributed by atoms with E-state index < -0.39 is 11.9 Å². The monoisotopic (exact) mass is 269 g/mol. The Kier molecular flexibility index (Phi) is 5.87. The minimum atomic E-state index is -0.592. The van der Waals surface area contributed by atoms with Crippen molar-refractivity contribution >= 4 is 29.8 Å². The zero-order valence-corrected chi connectivity index (χ0v) is 10.5. The highest BCUT2D eigenvalue weighted by molar-refractivity contribution is 6.30. The van der Waals surface area contributed by atoms with E-state index in [1.165, 1.54) is 13.3 Å². The molecule has 0 aliphatic heterocycles. The minimum absolute atomic E-state index is 0.0220. The Balaban J connectivity index is 2.33. The predicted molar refractivity (Wildman–Crippen MR) is 66.4 cm³/mol. The van der Waals surface area contributed by atoms with E-state index in [0.717, 1.165) is 5.56 Å². The van der Waals surface area contributed by atoms with Crippen molar-refractivity contribution < 1.29 is 19.2 Å². The number of rotatable bonds is 5. The van der Waals surface area contributed by atoms with Crippen molar-refractivity contribution in [1.82, 2.24) is 0 Å². The van der Waals surface area contributed by atoms with Gasteiger partial charge in [0, 0.05) is 5.02 Å². The molecule has 1 aromatic carbocycles. The molecule has 5 nitrogen and oxygen atoms in total. The van der Waals surface area contributed by atoms with Gasteiger partial charge in [-0.05, 0) is 17.7 Å². The lowest BCUT2D eigenvalue weighted by Gasteiger charge is -1.97. The largest absolute Gasteiger partial charge is 0.469 e. The van der Waals surface area contributed by atoms with Gasteiger partial charge in [0.15, 0.2) is 0 Å². The van der Waals surface area contributed by atoms with Crippen LogP contribution in [0, 0.1) is 0 Å². The third-order valence-corrected chi connectivity index (χ3v) is 2.24. The second-order valence-electron chi connectivity index (χ2n) is 3.33. The summed E-state index contributed by atoms with van der Waals surface area (Å²) in [5.74, 6) is -1.06. The van der Waals surface area contributed by atoms with E-state index in [1.54, 1.807) is 24.3 Å². The molecule has 0 spiro atoms. The molecule has 1 rings (SSSR count). The Bertz CT molecular complexity index is 442. The fourth-order valence-corrected chi connectivity index (χ4v) is 1.17. The maximum absolute atomic E-state index is 11.1. The molecule has 0 bridgehead atoms. The first kappa shape index (κ1) is 14.2. The van der Waals surface area contributed by atoms with Crippen LogP contribution in [0.2, 0.25) is 5.02 Å². The van der Waals surface area contributed by atoms with Crippen molar-refractivity contribution in [3.8, 4) is 0 Å². The summed E-state index contributed by atoms with van der Waals surface area (Å²) in [4.78, 5) is 26.5. The number of methoxy groups -OCH3 is 1. The molecule has 0 radical (unpaired) electrons. The zero-order chi connectivity index (χ0) is 13.4. The molecule has 1 aromatic rings. The van der Waals surface area contributed by atoms with E-state index in [-0.39, 0.29) is 12.8 Å². The Morgan fingerprint density at radius 1 is 1.22 bits per heavy atom. The summed E-state index contributed by atoms with van der Waals surface area (Å²) in [6.45, 7) is 0. The number of ether oxygens (including phenoxy) is 1. The molecule has 0 unspecified atom stereocenters. The molecular weight excluding hydrogens is 258 g/mol. The summed E-state index contributed by atoms with van der Waals surface area (Å²) in [5, 5.41) is 4.12. The van der Waals surface area contributed by atoms with Gasteiger partial charge < -0.3 is 9.57 Å². The van der Waals surface area contributed by atoms with Crippen LogP contribution in [0.15, 0.2) is 29.4 Å². The smallest absolute Gasteiger partial charge is 0.335 e. The van der Waals surface area contributed by atoms with Crippen LogP contribution >= 0.6 is 11.6 Å². The van der Waals surface area contributed by atoms with Gasteiger partial charge in [-0.25, -0.2) is 4.79 Å². The molecular formula is C12H12ClNO4. The van der Waals surface area contributed by atoms with Gasteiger partial charge in [0.1, 0.15) is 0 Å². The van der Waals surface area contributed by atoms with Crippen LogP contribution in [-0.4, -0.2) is 25.3 Å². The summed E-state index contributed by atoms with van der Waals surface area (Å²) >= 11 is 5.71. The van der Waals surface area contributed by atoms with Crippen LogP contribution in [0.1, 0.15) is 18.4 Å². The molecule has 0 saturated carbocycles. The quantitative estimate of drug-likeness (QED) is 0.356.